The Morgan fingerprint density at radius 2 is 1.68 bits per heavy atom. The molecule has 0 bridgehead atoms. The molecule has 2 saturated heterocycles. The molecule has 0 spiro atoms. The minimum Gasteiger partial charge on any atom is -0.444 e. The highest BCUT2D eigenvalue weighted by Gasteiger charge is 2.31. The normalized spacial score (nSPS) is 21.2. The Hall–Kier alpha value is -1.59. The molecule has 0 aromatic rings. The molecule has 0 aromatic heterocycles. The second-order valence-electron chi connectivity index (χ2n) is 7.16. The first-order chi connectivity index (χ1) is 10.3. The molecule has 2 heterocycles. The Balaban J connectivity index is 1.81. The second kappa shape index (κ2) is 6.67. The number of likely N-dealkylation sites (tertiary alicyclic amines) is 2. The first-order valence-electron chi connectivity index (χ1n) is 8.07. The van der Waals surface area contributed by atoms with Crippen molar-refractivity contribution >= 4 is 17.9 Å². The van der Waals surface area contributed by atoms with E-state index in [4.69, 9.17) is 4.74 Å². The molecule has 0 atom stereocenters. The van der Waals surface area contributed by atoms with Crippen molar-refractivity contribution in [1.29, 1.82) is 0 Å². The average molecular weight is 310 g/mol. The molecular weight excluding hydrogens is 284 g/mol. The first kappa shape index (κ1) is 16.8. The molecule has 3 amide bonds. The van der Waals surface area contributed by atoms with E-state index in [9.17, 15) is 14.4 Å². The van der Waals surface area contributed by atoms with E-state index in [1.54, 1.807) is 4.90 Å². The third-order valence-electron chi connectivity index (χ3n) is 4.09. The van der Waals surface area contributed by atoms with Crippen LogP contribution in [0, 0.1) is 5.92 Å². The zero-order valence-corrected chi connectivity index (χ0v) is 13.8. The molecule has 6 nitrogen and oxygen atoms in total. The van der Waals surface area contributed by atoms with Gasteiger partial charge >= 0.3 is 6.09 Å². The number of hydrogen-bond donors (Lipinski definition) is 0. The van der Waals surface area contributed by atoms with Gasteiger partial charge in [0.15, 0.2) is 0 Å². The van der Waals surface area contributed by atoms with Crippen LogP contribution in [0.4, 0.5) is 4.79 Å². The zero-order valence-electron chi connectivity index (χ0n) is 13.8. The predicted octanol–water partition coefficient (Wildman–Crippen LogP) is 2.17. The van der Waals surface area contributed by atoms with E-state index in [0.29, 0.717) is 38.9 Å². The van der Waals surface area contributed by atoms with Gasteiger partial charge in [-0.1, -0.05) is 0 Å². The summed E-state index contributed by atoms with van der Waals surface area (Å²) in [4.78, 5) is 38.8. The van der Waals surface area contributed by atoms with E-state index >= 15 is 0 Å². The maximum atomic E-state index is 12.0. The molecule has 0 aliphatic carbocycles. The van der Waals surface area contributed by atoms with Crippen molar-refractivity contribution in [2.75, 3.05) is 19.6 Å². The number of imide groups is 1. The van der Waals surface area contributed by atoms with Gasteiger partial charge in [0.25, 0.3) is 0 Å². The van der Waals surface area contributed by atoms with Gasteiger partial charge < -0.3 is 9.64 Å². The molecule has 2 aliphatic rings. The van der Waals surface area contributed by atoms with Crippen molar-refractivity contribution in [3.05, 3.63) is 0 Å². The number of rotatable bonds is 2. The fraction of sp³-hybridized carbons (Fsp3) is 0.812. The van der Waals surface area contributed by atoms with E-state index < -0.39 is 5.60 Å². The molecule has 0 radical (unpaired) electrons. The summed E-state index contributed by atoms with van der Waals surface area (Å²) in [7, 11) is 0. The molecule has 0 unspecified atom stereocenters. The van der Waals surface area contributed by atoms with Crippen molar-refractivity contribution in [2.24, 2.45) is 5.92 Å². The van der Waals surface area contributed by atoms with Crippen molar-refractivity contribution < 1.29 is 19.1 Å². The summed E-state index contributed by atoms with van der Waals surface area (Å²) in [6.07, 6.45) is 2.94. The van der Waals surface area contributed by atoms with Crippen LogP contribution in [0.25, 0.3) is 0 Å². The van der Waals surface area contributed by atoms with Gasteiger partial charge in [-0.15, -0.1) is 0 Å². The van der Waals surface area contributed by atoms with E-state index in [1.807, 2.05) is 20.8 Å². The second-order valence-corrected chi connectivity index (χ2v) is 7.16. The lowest BCUT2D eigenvalue weighted by Crippen LogP contribution is -2.47. The molecule has 0 aromatic carbocycles. The standard InChI is InChI=1S/C16H26N2O4/c1-16(2,3)22-15(21)17-9-7-12(8-10-17)11-18-13(19)5-4-6-14(18)20/h12H,4-11H2,1-3H3. The smallest absolute Gasteiger partial charge is 0.410 e. The van der Waals surface area contributed by atoms with Gasteiger partial charge in [-0.05, 0) is 46.0 Å². The fourth-order valence-corrected chi connectivity index (χ4v) is 2.89. The summed E-state index contributed by atoms with van der Waals surface area (Å²) in [5.74, 6) is 0.182. The van der Waals surface area contributed by atoms with Gasteiger partial charge in [-0.25, -0.2) is 4.79 Å². The lowest BCUT2D eigenvalue weighted by atomic mass is 9.95. The highest BCUT2D eigenvalue weighted by Crippen LogP contribution is 2.23. The van der Waals surface area contributed by atoms with Crippen molar-refractivity contribution in [3.63, 3.8) is 0 Å². The van der Waals surface area contributed by atoms with Crippen LogP contribution < -0.4 is 0 Å². The Kier molecular flexibility index (Phi) is 5.08. The lowest BCUT2D eigenvalue weighted by molar-refractivity contribution is -0.149. The van der Waals surface area contributed by atoms with E-state index in [1.165, 1.54) is 4.90 Å². The molecule has 0 N–H and O–H groups in total. The fourth-order valence-electron chi connectivity index (χ4n) is 2.89. The Bertz CT molecular complexity index is 432. The Morgan fingerprint density at radius 1 is 1.14 bits per heavy atom. The molecule has 2 fully saturated rings. The maximum absolute atomic E-state index is 12.0. The van der Waals surface area contributed by atoms with Gasteiger partial charge in [0.05, 0.1) is 0 Å². The van der Waals surface area contributed by atoms with E-state index in [0.717, 1.165) is 12.8 Å². The highest BCUT2D eigenvalue weighted by atomic mass is 16.6. The number of nitrogens with zero attached hydrogens (tertiary/aromatic N) is 2. The summed E-state index contributed by atoms with van der Waals surface area (Å²) in [6, 6.07) is 0. The van der Waals surface area contributed by atoms with Crippen LogP contribution in [0.15, 0.2) is 0 Å². The average Bonchev–Trinajstić information content (AvgIpc) is 2.42. The van der Waals surface area contributed by atoms with Gasteiger partial charge in [-0.3, -0.25) is 14.5 Å². The summed E-state index contributed by atoms with van der Waals surface area (Å²) < 4.78 is 5.36. The number of carbonyl (C=O) groups excluding carboxylic acids is 3. The molecule has 6 heteroatoms. The minimum atomic E-state index is -0.486. The van der Waals surface area contributed by atoms with Crippen molar-refractivity contribution in [1.82, 2.24) is 9.80 Å². The van der Waals surface area contributed by atoms with Gasteiger partial charge in [0, 0.05) is 32.5 Å². The topological polar surface area (TPSA) is 66.9 Å². The molecule has 22 heavy (non-hydrogen) atoms. The maximum Gasteiger partial charge on any atom is 0.410 e. The summed E-state index contributed by atoms with van der Waals surface area (Å²) >= 11 is 0. The van der Waals surface area contributed by atoms with Crippen LogP contribution in [-0.4, -0.2) is 52.9 Å². The number of ether oxygens (including phenoxy) is 1. The van der Waals surface area contributed by atoms with Crippen molar-refractivity contribution in [2.45, 2.75) is 58.5 Å². The van der Waals surface area contributed by atoms with Gasteiger partial charge in [-0.2, -0.15) is 0 Å². The summed E-state index contributed by atoms with van der Waals surface area (Å²) in [5.41, 5.74) is -0.486. The molecule has 124 valence electrons. The third-order valence-corrected chi connectivity index (χ3v) is 4.09. The van der Waals surface area contributed by atoms with Crippen LogP contribution in [0.5, 0.6) is 0 Å². The quantitative estimate of drug-likeness (QED) is 0.733. The zero-order chi connectivity index (χ0) is 16.3. The van der Waals surface area contributed by atoms with Crippen LogP contribution >= 0.6 is 0 Å². The number of carbonyl (C=O) groups is 3. The van der Waals surface area contributed by atoms with Crippen LogP contribution in [0.1, 0.15) is 52.9 Å². The Morgan fingerprint density at radius 3 is 2.18 bits per heavy atom. The number of hydrogen-bond acceptors (Lipinski definition) is 4. The molecular formula is C16H26N2O4. The number of amides is 3. The molecule has 2 rings (SSSR count). The number of piperidine rings is 2. The van der Waals surface area contributed by atoms with E-state index in [-0.39, 0.29) is 23.8 Å². The Labute approximate surface area is 131 Å². The van der Waals surface area contributed by atoms with Crippen LogP contribution in [-0.2, 0) is 14.3 Å². The van der Waals surface area contributed by atoms with E-state index in [2.05, 4.69) is 0 Å². The largest absolute Gasteiger partial charge is 0.444 e. The monoisotopic (exact) mass is 310 g/mol. The molecule has 0 saturated carbocycles. The van der Waals surface area contributed by atoms with Gasteiger partial charge in [0.2, 0.25) is 11.8 Å². The SMILES string of the molecule is CC(C)(C)OC(=O)N1CCC(CN2C(=O)CCCC2=O)CC1. The predicted molar refractivity (Wildman–Crippen MR) is 81.1 cm³/mol. The van der Waals surface area contributed by atoms with Crippen LogP contribution in [0.3, 0.4) is 0 Å². The summed E-state index contributed by atoms with van der Waals surface area (Å²) in [5, 5.41) is 0. The highest BCUT2D eigenvalue weighted by molar-refractivity contribution is 5.97. The minimum absolute atomic E-state index is 0.0502. The van der Waals surface area contributed by atoms with Crippen molar-refractivity contribution in [3.8, 4) is 0 Å². The van der Waals surface area contributed by atoms with Gasteiger partial charge in [0.1, 0.15) is 5.60 Å². The summed E-state index contributed by atoms with van der Waals surface area (Å²) in [6.45, 7) is 7.30. The molecule has 2 aliphatic heterocycles. The lowest BCUT2D eigenvalue weighted by Gasteiger charge is -2.35. The first-order valence-corrected chi connectivity index (χ1v) is 8.07. The third kappa shape index (κ3) is 4.45. The van der Waals surface area contributed by atoms with Crippen LogP contribution in [0.2, 0.25) is 0 Å².